The van der Waals surface area contributed by atoms with Gasteiger partial charge in [0.2, 0.25) is 0 Å². The van der Waals surface area contributed by atoms with Gasteiger partial charge < -0.3 is 4.90 Å². The van der Waals surface area contributed by atoms with Crippen LogP contribution in [0.4, 0.5) is 5.69 Å². The number of benzene rings is 1. The number of hydrogen-bond acceptors (Lipinski definition) is 3. The van der Waals surface area contributed by atoms with Crippen molar-refractivity contribution in [3.8, 4) is 0 Å². The summed E-state index contributed by atoms with van der Waals surface area (Å²) < 4.78 is 0. The van der Waals surface area contributed by atoms with Gasteiger partial charge >= 0.3 is 0 Å². The molecule has 1 rings (SSSR count). The zero-order chi connectivity index (χ0) is 10.4. The van der Waals surface area contributed by atoms with E-state index in [1.807, 2.05) is 12.1 Å². The van der Waals surface area contributed by atoms with Gasteiger partial charge in [0.15, 0.2) is 0 Å². The van der Waals surface area contributed by atoms with Crippen LogP contribution in [0.3, 0.4) is 0 Å². The Hall–Kier alpha value is -1.22. The number of nitrogens with zero attached hydrogens (tertiary/aromatic N) is 2. The average molecular weight is 192 g/mol. The van der Waals surface area contributed by atoms with E-state index in [9.17, 15) is 4.91 Å². The Balaban J connectivity index is 2.55. The number of rotatable bonds is 5. The van der Waals surface area contributed by atoms with Crippen molar-refractivity contribution >= 4 is 5.69 Å². The highest BCUT2D eigenvalue weighted by Crippen LogP contribution is 2.13. The van der Waals surface area contributed by atoms with Gasteiger partial charge in [0.25, 0.3) is 0 Å². The van der Waals surface area contributed by atoms with E-state index in [0.717, 1.165) is 19.5 Å². The maximum absolute atomic E-state index is 10.2. The fraction of sp³-hybridized carbons (Fsp3) is 0.455. The van der Waals surface area contributed by atoms with Crippen molar-refractivity contribution in [2.24, 2.45) is 5.18 Å². The second-order valence-corrected chi connectivity index (χ2v) is 3.50. The molecule has 0 aliphatic rings. The van der Waals surface area contributed by atoms with Crippen LogP contribution in [0.2, 0.25) is 0 Å². The van der Waals surface area contributed by atoms with Crippen molar-refractivity contribution in [1.29, 1.82) is 0 Å². The van der Waals surface area contributed by atoms with Crippen LogP contribution in [0.15, 0.2) is 29.4 Å². The van der Waals surface area contributed by atoms with Crippen LogP contribution in [0, 0.1) is 4.91 Å². The van der Waals surface area contributed by atoms with E-state index in [1.54, 1.807) is 12.1 Å². The first-order chi connectivity index (χ1) is 6.76. The quantitative estimate of drug-likeness (QED) is 0.672. The van der Waals surface area contributed by atoms with Crippen molar-refractivity contribution < 1.29 is 0 Å². The van der Waals surface area contributed by atoms with Gasteiger partial charge in [0.1, 0.15) is 5.69 Å². The molecule has 0 bridgehead atoms. The molecular weight excluding hydrogens is 176 g/mol. The molecule has 0 radical (unpaired) electrons. The molecule has 0 unspecified atom stereocenters. The predicted octanol–water partition coefficient (Wildman–Crippen LogP) is 2.93. The molecule has 0 amide bonds. The summed E-state index contributed by atoms with van der Waals surface area (Å²) in [6.45, 7) is 4.18. The molecule has 0 aromatic heterocycles. The Bertz CT molecular complexity index is 282. The summed E-state index contributed by atoms with van der Waals surface area (Å²) in [6, 6.07) is 7.40. The first-order valence-electron chi connectivity index (χ1n) is 4.87. The van der Waals surface area contributed by atoms with Gasteiger partial charge in [0.05, 0.1) is 0 Å². The van der Waals surface area contributed by atoms with E-state index in [0.29, 0.717) is 5.69 Å². The topological polar surface area (TPSA) is 32.7 Å². The van der Waals surface area contributed by atoms with E-state index >= 15 is 0 Å². The van der Waals surface area contributed by atoms with E-state index in [2.05, 4.69) is 24.0 Å². The standard InChI is InChI=1S/C11H16N2O/c1-3-8-13(2)9-10-4-6-11(12-14)7-5-10/h4-7H,3,8-9H2,1-2H3. The van der Waals surface area contributed by atoms with Crippen LogP contribution in [0.1, 0.15) is 18.9 Å². The summed E-state index contributed by atoms with van der Waals surface area (Å²) in [7, 11) is 2.09. The molecule has 76 valence electrons. The Labute approximate surface area is 84.7 Å². The largest absolute Gasteiger partial charge is 0.302 e. The summed E-state index contributed by atoms with van der Waals surface area (Å²) in [6.07, 6.45) is 1.16. The molecule has 0 heterocycles. The lowest BCUT2D eigenvalue weighted by atomic mass is 10.2. The van der Waals surface area contributed by atoms with Gasteiger partial charge in [0, 0.05) is 6.54 Å². The minimum Gasteiger partial charge on any atom is -0.302 e. The van der Waals surface area contributed by atoms with Crippen LogP contribution < -0.4 is 0 Å². The lowest BCUT2D eigenvalue weighted by Crippen LogP contribution is -2.18. The van der Waals surface area contributed by atoms with E-state index in [1.165, 1.54) is 5.56 Å². The smallest absolute Gasteiger partial charge is 0.108 e. The molecule has 0 atom stereocenters. The van der Waals surface area contributed by atoms with Gasteiger partial charge in [-0.05, 0) is 42.9 Å². The first kappa shape index (κ1) is 10.9. The van der Waals surface area contributed by atoms with E-state index < -0.39 is 0 Å². The molecule has 1 aromatic carbocycles. The van der Waals surface area contributed by atoms with Gasteiger partial charge in [-0.2, -0.15) is 0 Å². The molecule has 3 heteroatoms. The van der Waals surface area contributed by atoms with Gasteiger partial charge in [-0.15, -0.1) is 4.91 Å². The second-order valence-electron chi connectivity index (χ2n) is 3.50. The van der Waals surface area contributed by atoms with E-state index in [-0.39, 0.29) is 0 Å². The predicted molar refractivity (Wildman–Crippen MR) is 58.5 cm³/mol. The van der Waals surface area contributed by atoms with Crippen molar-refractivity contribution in [3.63, 3.8) is 0 Å². The Morgan fingerprint density at radius 3 is 2.43 bits per heavy atom. The highest BCUT2D eigenvalue weighted by molar-refractivity contribution is 5.38. The maximum Gasteiger partial charge on any atom is 0.108 e. The van der Waals surface area contributed by atoms with Crippen LogP contribution in [0.5, 0.6) is 0 Å². The Kier molecular flexibility index (Phi) is 4.26. The highest BCUT2D eigenvalue weighted by atomic mass is 16.3. The van der Waals surface area contributed by atoms with Gasteiger partial charge in [-0.3, -0.25) is 0 Å². The summed E-state index contributed by atoms with van der Waals surface area (Å²) in [5.41, 5.74) is 1.71. The van der Waals surface area contributed by atoms with Crippen molar-refractivity contribution in [1.82, 2.24) is 4.90 Å². The molecule has 0 aliphatic carbocycles. The zero-order valence-electron chi connectivity index (χ0n) is 8.73. The fourth-order valence-corrected chi connectivity index (χ4v) is 1.43. The SMILES string of the molecule is CCCN(C)Cc1ccc(N=O)cc1. The highest BCUT2D eigenvalue weighted by Gasteiger charge is 1.98. The van der Waals surface area contributed by atoms with Crippen molar-refractivity contribution in [3.05, 3.63) is 34.7 Å². The third kappa shape index (κ3) is 3.26. The molecule has 3 nitrogen and oxygen atoms in total. The normalized spacial score (nSPS) is 10.5. The first-order valence-corrected chi connectivity index (χ1v) is 4.87. The zero-order valence-corrected chi connectivity index (χ0v) is 8.73. The fourth-order valence-electron chi connectivity index (χ4n) is 1.43. The summed E-state index contributed by atoms with van der Waals surface area (Å²) >= 11 is 0. The minimum atomic E-state index is 0.492. The molecule has 0 aliphatic heterocycles. The summed E-state index contributed by atoms with van der Waals surface area (Å²) in [5.74, 6) is 0. The molecule has 1 aromatic rings. The second kappa shape index (κ2) is 5.50. The van der Waals surface area contributed by atoms with Gasteiger partial charge in [-0.25, -0.2) is 0 Å². The molecule has 0 saturated heterocycles. The third-order valence-electron chi connectivity index (χ3n) is 2.10. The van der Waals surface area contributed by atoms with Crippen LogP contribution in [-0.4, -0.2) is 18.5 Å². The van der Waals surface area contributed by atoms with Crippen LogP contribution in [-0.2, 0) is 6.54 Å². The maximum atomic E-state index is 10.2. The van der Waals surface area contributed by atoms with Crippen molar-refractivity contribution in [2.45, 2.75) is 19.9 Å². The van der Waals surface area contributed by atoms with Crippen molar-refractivity contribution in [2.75, 3.05) is 13.6 Å². The minimum absolute atomic E-state index is 0.492. The van der Waals surface area contributed by atoms with Crippen LogP contribution >= 0.6 is 0 Å². The monoisotopic (exact) mass is 192 g/mol. The number of nitroso groups, excluding NO2 is 1. The van der Waals surface area contributed by atoms with Gasteiger partial charge in [-0.1, -0.05) is 19.1 Å². The Morgan fingerprint density at radius 2 is 1.93 bits per heavy atom. The van der Waals surface area contributed by atoms with E-state index in [4.69, 9.17) is 0 Å². The van der Waals surface area contributed by atoms with Crippen LogP contribution in [0.25, 0.3) is 0 Å². The Morgan fingerprint density at radius 1 is 1.29 bits per heavy atom. The lowest BCUT2D eigenvalue weighted by molar-refractivity contribution is 0.327. The summed E-state index contributed by atoms with van der Waals surface area (Å²) in [5, 5.41) is 2.86. The molecule has 14 heavy (non-hydrogen) atoms. The number of hydrogen-bond donors (Lipinski definition) is 0. The molecule has 0 fully saturated rings. The average Bonchev–Trinajstić information content (AvgIpc) is 2.19. The molecule has 0 spiro atoms. The molecule has 0 N–H and O–H groups in total. The summed E-state index contributed by atoms with van der Waals surface area (Å²) in [4.78, 5) is 12.4. The molecule has 0 saturated carbocycles. The molecular formula is C11H16N2O. The lowest BCUT2D eigenvalue weighted by Gasteiger charge is -2.15. The third-order valence-corrected chi connectivity index (χ3v) is 2.10.